The standard InChI is InChI=1S/C26H28N4O3S/c1-26(2,3)33-24(31)28-22(16-19-17-27-21-14-8-7-13-20(19)21)23-29-30-25(32-23)34-15-9-12-18-10-5-4-6-11-18/h4-14,17,22,27H,15-16H2,1-3H3,(H,28,31)/b12-9+/t22-/m1/s1. The fourth-order valence-corrected chi connectivity index (χ4v) is 4.04. The number of hydrogen-bond donors (Lipinski definition) is 2. The van der Waals surface area contributed by atoms with Crippen LogP contribution in [0.3, 0.4) is 0 Å². The largest absolute Gasteiger partial charge is 0.444 e. The maximum Gasteiger partial charge on any atom is 0.408 e. The molecule has 4 aromatic rings. The number of rotatable bonds is 8. The molecular weight excluding hydrogens is 448 g/mol. The van der Waals surface area contributed by atoms with Crippen LogP contribution in [0.4, 0.5) is 4.79 Å². The molecule has 34 heavy (non-hydrogen) atoms. The third-order valence-corrected chi connectivity index (χ3v) is 5.69. The predicted octanol–water partition coefficient (Wildman–Crippen LogP) is 6.16. The van der Waals surface area contributed by atoms with Crippen LogP contribution in [-0.4, -0.2) is 32.6 Å². The van der Waals surface area contributed by atoms with Gasteiger partial charge in [-0.05, 0) is 38.0 Å². The number of nitrogens with one attached hydrogen (secondary N) is 2. The molecule has 1 amide bonds. The second-order valence-corrected chi connectivity index (χ2v) is 9.76. The molecule has 0 saturated carbocycles. The van der Waals surface area contributed by atoms with Crippen molar-refractivity contribution in [3.05, 3.63) is 83.9 Å². The topological polar surface area (TPSA) is 93.0 Å². The quantitative estimate of drug-likeness (QED) is 0.296. The summed E-state index contributed by atoms with van der Waals surface area (Å²) in [6.45, 7) is 5.48. The maximum atomic E-state index is 12.5. The van der Waals surface area contributed by atoms with Gasteiger partial charge in [-0.1, -0.05) is 72.4 Å². The zero-order chi connectivity index (χ0) is 24.0. The summed E-state index contributed by atoms with van der Waals surface area (Å²) in [5, 5.41) is 12.8. The number of carbonyl (C=O) groups is 1. The average Bonchev–Trinajstić information content (AvgIpc) is 3.43. The van der Waals surface area contributed by atoms with E-state index in [9.17, 15) is 4.79 Å². The van der Waals surface area contributed by atoms with Gasteiger partial charge in [0.05, 0.1) is 0 Å². The fourth-order valence-electron chi connectivity index (χ4n) is 3.46. The molecule has 2 aromatic heterocycles. The van der Waals surface area contributed by atoms with Crippen LogP contribution in [0, 0.1) is 0 Å². The Morgan fingerprint density at radius 3 is 2.71 bits per heavy atom. The van der Waals surface area contributed by atoms with E-state index in [1.165, 1.54) is 11.8 Å². The van der Waals surface area contributed by atoms with Gasteiger partial charge in [-0.3, -0.25) is 0 Å². The van der Waals surface area contributed by atoms with E-state index in [0.717, 1.165) is 22.0 Å². The summed E-state index contributed by atoms with van der Waals surface area (Å²) in [6.07, 6.45) is 5.98. The van der Waals surface area contributed by atoms with Crippen molar-refractivity contribution in [2.75, 3.05) is 5.75 Å². The number of ether oxygens (including phenoxy) is 1. The number of alkyl carbamates (subject to hydrolysis) is 1. The van der Waals surface area contributed by atoms with E-state index in [1.807, 2.05) is 93.7 Å². The summed E-state index contributed by atoms with van der Waals surface area (Å²) in [5.41, 5.74) is 2.58. The Morgan fingerprint density at radius 1 is 1.15 bits per heavy atom. The van der Waals surface area contributed by atoms with Crippen LogP contribution < -0.4 is 5.32 Å². The minimum Gasteiger partial charge on any atom is -0.444 e. The monoisotopic (exact) mass is 476 g/mol. The van der Waals surface area contributed by atoms with E-state index in [1.54, 1.807) is 0 Å². The lowest BCUT2D eigenvalue weighted by Crippen LogP contribution is -2.36. The highest BCUT2D eigenvalue weighted by atomic mass is 32.2. The Morgan fingerprint density at radius 2 is 1.91 bits per heavy atom. The molecule has 4 rings (SSSR count). The lowest BCUT2D eigenvalue weighted by molar-refractivity contribution is 0.0494. The van der Waals surface area contributed by atoms with Crippen molar-refractivity contribution in [1.29, 1.82) is 0 Å². The molecule has 1 atom stereocenters. The summed E-state index contributed by atoms with van der Waals surface area (Å²) < 4.78 is 11.4. The predicted molar refractivity (Wildman–Crippen MR) is 135 cm³/mol. The third-order valence-electron chi connectivity index (χ3n) is 4.92. The number of benzene rings is 2. The fraction of sp³-hybridized carbons (Fsp3) is 0.269. The van der Waals surface area contributed by atoms with Crippen molar-refractivity contribution in [3.63, 3.8) is 0 Å². The van der Waals surface area contributed by atoms with Crippen molar-refractivity contribution >= 4 is 34.8 Å². The average molecular weight is 477 g/mol. The summed E-state index contributed by atoms with van der Waals surface area (Å²) in [4.78, 5) is 15.8. The zero-order valence-corrected chi connectivity index (χ0v) is 20.3. The SMILES string of the molecule is CC(C)(C)OC(=O)N[C@H](Cc1c[nH]c2ccccc12)c1nnc(SC/C=C/c2ccccc2)o1. The normalized spacial score (nSPS) is 12.8. The van der Waals surface area contributed by atoms with Crippen molar-refractivity contribution in [3.8, 4) is 0 Å². The highest BCUT2D eigenvalue weighted by molar-refractivity contribution is 7.99. The van der Waals surface area contributed by atoms with Crippen molar-refractivity contribution < 1.29 is 13.9 Å². The van der Waals surface area contributed by atoms with E-state index in [2.05, 4.69) is 20.5 Å². The molecule has 0 spiro atoms. The number of aromatic nitrogens is 3. The van der Waals surface area contributed by atoms with E-state index < -0.39 is 17.7 Å². The van der Waals surface area contributed by atoms with Crippen LogP contribution in [-0.2, 0) is 11.2 Å². The molecule has 0 bridgehead atoms. The summed E-state index contributed by atoms with van der Waals surface area (Å²) in [6, 6.07) is 17.6. The van der Waals surface area contributed by atoms with Crippen LogP contribution in [0.5, 0.6) is 0 Å². The van der Waals surface area contributed by atoms with Gasteiger partial charge in [0, 0.05) is 29.3 Å². The van der Waals surface area contributed by atoms with Gasteiger partial charge in [-0.2, -0.15) is 0 Å². The van der Waals surface area contributed by atoms with Crippen LogP contribution in [0.1, 0.15) is 43.8 Å². The Kier molecular flexibility index (Phi) is 7.37. The van der Waals surface area contributed by atoms with Gasteiger partial charge >= 0.3 is 6.09 Å². The summed E-state index contributed by atoms with van der Waals surface area (Å²) >= 11 is 1.44. The molecule has 2 heterocycles. The second kappa shape index (κ2) is 10.6. The Bertz CT molecular complexity index is 1260. The minimum atomic E-state index is -0.615. The van der Waals surface area contributed by atoms with Gasteiger partial charge < -0.3 is 19.5 Å². The molecule has 0 aliphatic carbocycles. The van der Waals surface area contributed by atoms with E-state index in [-0.39, 0.29) is 0 Å². The number of carbonyl (C=O) groups excluding carboxylic acids is 1. The zero-order valence-electron chi connectivity index (χ0n) is 19.4. The number of hydrogen-bond acceptors (Lipinski definition) is 6. The lowest BCUT2D eigenvalue weighted by atomic mass is 10.1. The molecule has 0 radical (unpaired) electrons. The first-order valence-corrected chi connectivity index (χ1v) is 12.1. The third kappa shape index (κ3) is 6.51. The second-order valence-electron chi connectivity index (χ2n) is 8.79. The van der Waals surface area contributed by atoms with E-state index in [4.69, 9.17) is 9.15 Å². The Labute approximate surface area is 203 Å². The van der Waals surface area contributed by atoms with Gasteiger partial charge in [0.2, 0.25) is 5.89 Å². The van der Waals surface area contributed by atoms with Crippen molar-refractivity contribution in [2.24, 2.45) is 0 Å². The van der Waals surface area contributed by atoms with E-state index >= 15 is 0 Å². The molecule has 2 N–H and O–H groups in total. The molecule has 8 heteroatoms. The smallest absolute Gasteiger partial charge is 0.408 e. The molecule has 0 saturated heterocycles. The molecule has 0 fully saturated rings. The molecule has 0 aliphatic rings. The lowest BCUT2D eigenvalue weighted by Gasteiger charge is -2.22. The molecule has 7 nitrogen and oxygen atoms in total. The molecule has 0 unspecified atom stereocenters. The molecule has 176 valence electrons. The van der Waals surface area contributed by atoms with Crippen LogP contribution in [0.25, 0.3) is 17.0 Å². The van der Waals surface area contributed by atoms with Gasteiger partial charge in [0.25, 0.3) is 5.22 Å². The van der Waals surface area contributed by atoms with Crippen molar-refractivity contribution in [2.45, 2.75) is 44.1 Å². The van der Waals surface area contributed by atoms with Crippen LogP contribution >= 0.6 is 11.8 Å². The number of thioether (sulfide) groups is 1. The van der Waals surface area contributed by atoms with Gasteiger partial charge in [-0.15, -0.1) is 10.2 Å². The Balaban J connectivity index is 1.47. The summed E-state index contributed by atoms with van der Waals surface area (Å²) in [7, 11) is 0. The molecule has 0 aliphatic heterocycles. The first-order chi connectivity index (χ1) is 16.4. The Hall–Kier alpha value is -3.52. The van der Waals surface area contributed by atoms with Crippen molar-refractivity contribution in [1.82, 2.24) is 20.5 Å². The summed E-state index contributed by atoms with van der Waals surface area (Å²) in [5.74, 6) is 1.02. The van der Waals surface area contributed by atoms with E-state index in [0.29, 0.717) is 23.3 Å². The van der Waals surface area contributed by atoms with Crippen LogP contribution in [0.15, 0.2) is 76.5 Å². The number of fused-ring (bicyclic) bond motifs is 1. The molecule has 2 aromatic carbocycles. The highest BCUT2D eigenvalue weighted by Crippen LogP contribution is 2.26. The number of aromatic amines is 1. The van der Waals surface area contributed by atoms with Crippen LogP contribution in [0.2, 0.25) is 0 Å². The number of H-pyrrole nitrogens is 1. The van der Waals surface area contributed by atoms with Gasteiger partial charge in [0.15, 0.2) is 0 Å². The number of para-hydroxylation sites is 1. The molecular formula is C26H28N4O3S. The van der Waals surface area contributed by atoms with Gasteiger partial charge in [-0.25, -0.2) is 4.79 Å². The highest BCUT2D eigenvalue weighted by Gasteiger charge is 2.26. The van der Waals surface area contributed by atoms with Gasteiger partial charge in [0.1, 0.15) is 11.6 Å². The minimum absolute atomic E-state index is 0.339. The first-order valence-electron chi connectivity index (χ1n) is 11.1. The number of nitrogens with zero attached hydrogens (tertiary/aromatic N) is 2. The number of amides is 1. The first kappa shape index (κ1) is 23.6. The maximum absolute atomic E-state index is 12.5.